The van der Waals surface area contributed by atoms with E-state index in [2.05, 4.69) is 35.8 Å². The predicted molar refractivity (Wildman–Crippen MR) is 93.1 cm³/mol. The van der Waals surface area contributed by atoms with Crippen molar-refractivity contribution in [3.05, 3.63) is 48.1 Å². The lowest BCUT2D eigenvalue weighted by Crippen LogP contribution is -2.52. The van der Waals surface area contributed by atoms with Crippen LogP contribution < -0.4 is 9.47 Å². The van der Waals surface area contributed by atoms with Gasteiger partial charge in [-0.2, -0.15) is 0 Å². The number of carbonyl (C=O) groups is 1. The van der Waals surface area contributed by atoms with Gasteiger partial charge in [-0.1, -0.05) is 18.7 Å². The minimum Gasteiger partial charge on any atom is -0.457 e. The molecule has 5 atom stereocenters. The summed E-state index contributed by atoms with van der Waals surface area (Å²) < 4.78 is 22.6. The largest absolute Gasteiger partial charge is 0.457 e. The molecular weight excluding hydrogens is 334 g/mol. The zero-order valence-electron chi connectivity index (χ0n) is 14.6. The van der Waals surface area contributed by atoms with Crippen molar-refractivity contribution in [2.75, 3.05) is 20.4 Å². The molecule has 0 N–H and O–H groups in total. The van der Waals surface area contributed by atoms with Crippen LogP contribution >= 0.6 is 0 Å². The smallest absolute Gasteiger partial charge is 0.330 e. The van der Waals surface area contributed by atoms with Gasteiger partial charge < -0.3 is 18.9 Å². The van der Waals surface area contributed by atoms with E-state index >= 15 is 0 Å². The van der Waals surface area contributed by atoms with Crippen LogP contribution in [0.25, 0.3) is 0 Å². The molecule has 3 aliphatic heterocycles. The van der Waals surface area contributed by atoms with Crippen molar-refractivity contribution >= 4 is 5.97 Å². The van der Waals surface area contributed by atoms with Gasteiger partial charge in [0.15, 0.2) is 11.5 Å². The van der Waals surface area contributed by atoms with Gasteiger partial charge >= 0.3 is 5.97 Å². The first-order valence-electron chi connectivity index (χ1n) is 8.88. The summed E-state index contributed by atoms with van der Waals surface area (Å²) in [7, 11) is 1.73. The number of hydrogen-bond acceptors (Lipinski definition) is 6. The summed E-state index contributed by atoms with van der Waals surface area (Å²) in [5.41, 5.74) is 1.96. The molecule has 0 spiro atoms. The second kappa shape index (κ2) is 5.59. The maximum absolute atomic E-state index is 12.0. The summed E-state index contributed by atoms with van der Waals surface area (Å²) >= 11 is 0. The van der Waals surface area contributed by atoms with E-state index in [0.29, 0.717) is 6.54 Å². The first-order valence-corrected chi connectivity index (χ1v) is 8.88. The Morgan fingerprint density at radius 1 is 1.38 bits per heavy atom. The van der Waals surface area contributed by atoms with Crippen LogP contribution in [0.15, 0.2) is 36.9 Å². The van der Waals surface area contributed by atoms with Crippen LogP contribution in [0.4, 0.5) is 0 Å². The highest BCUT2D eigenvalue weighted by Crippen LogP contribution is 2.54. The van der Waals surface area contributed by atoms with Crippen molar-refractivity contribution < 1.29 is 23.7 Å². The van der Waals surface area contributed by atoms with Crippen LogP contribution in [0.1, 0.15) is 17.5 Å². The molecule has 3 heterocycles. The van der Waals surface area contributed by atoms with E-state index in [4.69, 9.17) is 18.9 Å². The molecule has 1 aliphatic carbocycles. The highest BCUT2D eigenvalue weighted by molar-refractivity contribution is 5.81. The van der Waals surface area contributed by atoms with Gasteiger partial charge in [-0.05, 0) is 29.7 Å². The van der Waals surface area contributed by atoms with Gasteiger partial charge in [0.25, 0.3) is 0 Å². The molecular formula is C20H21NO5. The molecule has 2 bridgehead atoms. The number of nitrogens with zero attached hydrogens (tertiary/aromatic N) is 1. The molecule has 1 aromatic rings. The fourth-order valence-electron chi connectivity index (χ4n) is 4.99. The first-order chi connectivity index (χ1) is 12.7. The Kier molecular flexibility index (Phi) is 3.42. The maximum Gasteiger partial charge on any atom is 0.330 e. The quantitative estimate of drug-likeness (QED) is 0.469. The minimum atomic E-state index is -0.401. The van der Waals surface area contributed by atoms with Crippen molar-refractivity contribution in [1.29, 1.82) is 0 Å². The van der Waals surface area contributed by atoms with Crippen molar-refractivity contribution in [1.82, 2.24) is 4.90 Å². The van der Waals surface area contributed by atoms with Gasteiger partial charge in [-0.3, -0.25) is 4.90 Å². The Hall–Kier alpha value is -2.31. The number of rotatable bonds is 3. The number of benzene rings is 1. The number of esters is 1. The fourth-order valence-corrected chi connectivity index (χ4v) is 4.99. The van der Waals surface area contributed by atoms with Gasteiger partial charge in [0, 0.05) is 32.3 Å². The zero-order chi connectivity index (χ0) is 17.9. The van der Waals surface area contributed by atoms with Gasteiger partial charge in [-0.15, -0.1) is 0 Å². The van der Waals surface area contributed by atoms with E-state index in [1.165, 1.54) is 11.6 Å². The zero-order valence-corrected chi connectivity index (χ0v) is 14.6. The average molecular weight is 355 g/mol. The van der Waals surface area contributed by atoms with Crippen LogP contribution in [-0.2, 0) is 26.2 Å². The standard InChI is InChI=1S/C20H21NO5/c1-3-19(22)26-18-10-21-9-12-6-15-16(25-11-24-15)8-14(12)20(18)5-4-13(23-2)7-17(20)21/h3-6,8,13,17-18H,1,7,9-11H2,2H3/t13-,17+,18-,20+/m1/s1. The molecule has 4 aliphatic rings. The Bertz CT molecular complexity index is 819. The summed E-state index contributed by atoms with van der Waals surface area (Å²) in [5.74, 6) is 1.16. The van der Waals surface area contributed by atoms with E-state index < -0.39 is 5.41 Å². The second-order valence-electron chi connectivity index (χ2n) is 7.24. The molecule has 5 rings (SSSR count). The molecule has 6 heteroatoms. The lowest BCUT2D eigenvalue weighted by atomic mass is 9.65. The van der Waals surface area contributed by atoms with Crippen molar-refractivity contribution in [3.8, 4) is 11.5 Å². The SMILES string of the molecule is C=CC(=O)O[C@@H]1CN2Cc3cc4c(cc3[C@]13C=C[C@@H](OC)C[C@H]23)OCO4. The summed E-state index contributed by atoms with van der Waals surface area (Å²) in [6.45, 7) is 5.27. The monoisotopic (exact) mass is 355 g/mol. The van der Waals surface area contributed by atoms with Crippen LogP contribution in [0.2, 0.25) is 0 Å². The lowest BCUT2D eigenvalue weighted by Gasteiger charge is -2.46. The molecule has 0 radical (unpaired) electrons. The minimum absolute atomic E-state index is 0.0695. The number of ether oxygens (including phenoxy) is 4. The normalized spacial score (nSPS) is 35.6. The van der Waals surface area contributed by atoms with E-state index in [9.17, 15) is 4.79 Å². The molecule has 26 heavy (non-hydrogen) atoms. The Balaban J connectivity index is 1.67. The summed E-state index contributed by atoms with van der Waals surface area (Å²) in [6, 6.07) is 4.35. The number of fused-ring (bicyclic) bond motifs is 2. The van der Waals surface area contributed by atoms with E-state index in [0.717, 1.165) is 30.0 Å². The summed E-state index contributed by atoms with van der Waals surface area (Å²) in [4.78, 5) is 14.4. The van der Waals surface area contributed by atoms with Gasteiger partial charge in [0.05, 0.1) is 11.5 Å². The van der Waals surface area contributed by atoms with Crippen LogP contribution in [0, 0.1) is 0 Å². The number of methoxy groups -OCH3 is 1. The van der Waals surface area contributed by atoms with Gasteiger partial charge in [-0.25, -0.2) is 4.79 Å². The van der Waals surface area contributed by atoms with E-state index in [1.807, 2.05) is 0 Å². The van der Waals surface area contributed by atoms with Crippen LogP contribution in [-0.4, -0.2) is 49.6 Å². The van der Waals surface area contributed by atoms with Crippen LogP contribution in [0.5, 0.6) is 11.5 Å². The third-order valence-corrected chi connectivity index (χ3v) is 6.13. The topological polar surface area (TPSA) is 57.2 Å². The summed E-state index contributed by atoms with van der Waals surface area (Å²) in [5, 5.41) is 0. The van der Waals surface area contributed by atoms with Crippen molar-refractivity contribution in [3.63, 3.8) is 0 Å². The highest BCUT2D eigenvalue weighted by Gasteiger charge is 2.60. The van der Waals surface area contributed by atoms with Crippen molar-refractivity contribution in [2.45, 2.75) is 36.6 Å². The van der Waals surface area contributed by atoms with Gasteiger partial charge in [0.2, 0.25) is 6.79 Å². The number of hydrogen-bond donors (Lipinski definition) is 0. The second-order valence-corrected chi connectivity index (χ2v) is 7.24. The third-order valence-electron chi connectivity index (χ3n) is 6.13. The molecule has 1 unspecified atom stereocenters. The van der Waals surface area contributed by atoms with E-state index in [-0.39, 0.29) is 31.0 Å². The summed E-state index contributed by atoms with van der Waals surface area (Å²) in [6.07, 6.45) is 6.16. The molecule has 0 aromatic heterocycles. The Morgan fingerprint density at radius 3 is 2.96 bits per heavy atom. The van der Waals surface area contributed by atoms with Crippen LogP contribution in [0.3, 0.4) is 0 Å². The maximum atomic E-state index is 12.0. The van der Waals surface area contributed by atoms with E-state index in [1.54, 1.807) is 7.11 Å². The number of carbonyl (C=O) groups excluding carboxylic acids is 1. The predicted octanol–water partition coefficient (Wildman–Crippen LogP) is 1.92. The average Bonchev–Trinajstić information content (AvgIpc) is 3.20. The Labute approximate surface area is 152 Å². The molecule has 136 valence electrons. The molecule has 1 fully saturated rings. The lowest BCUT2D eigenvalue weighted by molar-refractivity contribution is -0.144. The molecule has 0 amide bonds. The Morgan fingerprint density at radius 2 is 2.19 bits per heavy atom. The third kappa shape index (κ3) is 2.03. The first kappa shape index (κ1) is 15.9. The van der Waals surface area contributed by atoms with Gasteiger partial charge in [0.1, 0.15) is 6.10 Å². The highest BCUT2D eigenvalue weighted by atomic mass is 16.7. The molecule has 0 saturated carbocycles. The fraction of sp³-hybridized carbons (Fsp3) is 0.450. The van der Waals surface area contributed by atoms with Crippen molar-refractivity contribution in [2.24, 2.45) is 0 Å². The molecule has 1 saturated heterocycles. The molecule has 6 nitrogen and oxygen atoms in total. The molecule has 1 aromatic carbocycles.